The number of aromatic nitrogens is 4. The Morgan fingerprint density at radius 1 is 0.725 bits per heavy atom. The number of hydrogen-bond acceptors (Lipinski definition) is 4. The van der Waals surface area contributed by atoms with Gasteiger partial charge < -0.3 is 8.83 Å². The first kappa shape index (κ1) is 25.2. The maximum Gasteiger partial charge on any atom is 0.299 e. The quantitative estimate of drug-likeness (QED) is 0.170. The van der Waals surface area contributed by atoms with Crippen LogP contribution in [0.4, 0.5) is 0 Å². The molecule has 0 atom stereocenters. The van der Waals surface area contributed by atoms with E-state index in [-0.39, 0.29) is 45.6 Å². The summed E-state index contributed by atoms with van der Waals surface area (Å²) in [6.07, 6.45) is 0. The summed E-state index contributed by atoms with van der Waals surface area (Å²) < 4.78 is 67.2. The third-order valence-electron chi connectivity index (χ3n) is 10.2. The van der Waals surface area contributed by atoms with E-state index < -0.39 is 13.7 Å². The molecule has 9 rings (SSSR count). The first-order chi connectivity index (χ1) is 27.0. The Morgan fingerprint density at radius 2 is 1.45 bits per heavy atom. The summed E-state index contributed by atoms with van der Waals surface area (Å²) in [5.41, 5.74) is 10.4. The molecule has 4 aromatic carbocycles. The second-order valence-electron chi connectivity index (χ2n) is 14.1. The van der Waals surface area contributed by atoms with Crippen LogP contribution in [0.2, 0.25) is 0 Å². The zero-order valence-corrected chi connectivity index (χ0v) is 29.4. The van der Waals surface area contributed by atoms with E-state index in [1.807, 2.05) is 31.2 Å². The van der Waals surface area contributed by atoms with Crippen LogP contribution >= 0.6 is 0 Å². The molecule has 6 nitrogen and oxygen atoms in total. The SMILES string of the molecule is [2H]C([2H])([2H])c1ccc2c(n1)oc1c2nc(C([2H])([2H])[2H])c2oc3c(-c4n(-c5c(C(C)C)cc(-c6ccccc6)cc5C(C)C)c5ccccc5[n+]4C)c(C)ccc3c21. The number of para-hydroxylation sites is 2. The molecule has 51 heavy (non-hydrogen) atoms. The molecule has 0 aliphatic carbocycles. The van der Waals surface area contributed by atoms with Gasteiger partial charge in [0.2, 0.25) is 5.71 Å². The van der Waals surface area contributed by atoms with E-state index in [2.05, 4.69) is 108 Å². The number of hydrogen-bond donors (Lipinski definition) is 0. The summed E-state index contributed by atoms with van der Waals surface area (Å²) in [6.45, 7) is 5.84. The first-order valence-corrected chi connectivity index (χ1v) is 17.4. The van der Waals surface area contributed by atoms with Crippen molar-refractivity contribution in [2.75, 3.05) is 0 Å². The van der Waals surface area contributed by atoms with Gasteiger partial charge in [0.25, 0.3) is 5.82 Å². The van der Waals surface area contributed by atoms with Crippen molar-refractivity contribution in [3.63, 3.8) is 0 Å². The van der Waals surface area contributed by atoms with Crippen LogP contribution in [0.1, 0.15) is 75.8 Å². The molecule has 9 aromatic rings. The van der Waals surface area contributed by atoms with Crippen LogP contribution in [0, 0.1) is 20.6 Å². The summed E-state index contributed by atoms with van der Waals surface area (Å²) in [6, 6.07) is 30.4. The number of nitrogens with zero attached hydrogens (tertiary/aromatic N) is 4. The Kier molecular flexibility index (Phi) is 5.64. The maximum absolute atomic E-state index is 8.58. The fourth-order valence-corrected chi connectivity index (χ4v) is 7.77. The molecule has 5 aromatic heterocycles. The molecule has 0 N–H and O–H groups in total. The molecule has 0 aliphatic rings. The van der Waals surface area contributed by atoms with Gasteiger partial charge in [-0.2, -0.15) is 4.57 Å². The van der Waals surface area contributed by atoms with Crippen molar-refractivity contribution in [2.24, 2.45) is 7.05 Å². The zero-order chi connectivity index (χ0) is 40.3. The predicted octanol–water partition coefficient (Wildman–Crippen LogP) is 11.5. The van der Waals surface area contributed by atoms with Crippen LogP contribution in [0.3, 0.4) is 0 Å². The molecular weight excluding hydrogens is 629 g/mol. The average Bonchev–Trinajstić information content (AvgIpc) is 3.82. The minimum atomic E-state index is -2.65. The van der Waals surface area contributed by atoms with Crippen molar-refractivity contribution in [1.29, 1.82) is 0 Å². The van der Waals surface area contributed by atoms with E-state index in [0.29, 0.717) is 21.7 Å². The van der Waals surface area contributed by atoms with E-state index in [9.17, 15) is 0 Å². The Labute approximate surface area is 305 Å². The number of rotatable bonds is 5. The molecule has 0 unspecified atom stereocenters. The number of furan rings is 2. The molecular formula is C45H41N4O2+. The predicted molar refractivity (Wildman–Crippen MR) is 208 cm³/mol. The largest absolute Gasteiger partial charge is 0.453 e. The lowest BCUT2D eigenvalue weighted by Crippen LogP contribution is -2.30. The molecule has 0 aliphatic heterocycles. The van der Waals surface area contributed by atoms with Crippen molar-refractivity contribution in [3.05, 3.63) is 119 Å². The molecule has 0 bridgehead atoms. The van der Waals surface area contributed by atoms with Crippen LogP contribution in [0.15, 0.2) is 99.8 Å². The van der Waals surface area contributed by atoms with Gasteiger partial charge in [-0.25, -0.2) is 14.5 Å². The monoisotopic (exact) mass is 675 g/mol. The standard InChI is InChI=1S/C45H41N4O2/c1-24(2)33-22-30(29-14-10-9-11-15-29)23-34(25(3)4)40(33)49-36-17-13-12-16-35(36)48(8)45(49)37-26(5)18-20-31-38-41(50-42(31)37)28(7)47-39-32-21-19-27(6)46-44(32)51-43(38)39/h9-25H,1-8H3/q+1/i6D3,7D3. The topological polar surface area (TPSA) is 60.9 Å². The van der Waals surface area contributed by atoms with Crippen molar-refractivity contribution in [2.45, 2.75) is 60.2 Å². The van der Waals surface area contributed by atoms with E-state index in [0.717, 1.165) is 44.8 Å². The molecule has 5 heterocycles. The second-order valence-corrected chi connectivity index (χ2v) is 14.1. The molecule has 6 heteroatoms. The smallest absolute Gasteiger partial charge is 0.299 e. The van der Waals surface area contributed by atoms with Crippen LogP contribution in [0.5, 0.6) is 0 Å². The van der Waals surface area contributed by atoms with Gasteiger partial charge in [0, 0.05) is 30.4 Å². The minimum absolute atomic E-state index is 0.0599. The lowest BCUT2D eigenvalue weighted by atomic mass is 9.88. The number of pyridine rings is 2. The highest BCUT2D eigenvalue weighted by molar-refractivity contribution is 6.22. The summed E-state index contributed by atoms with van der Waals surface area (Å²) in [7, 11) is 2.05. The van der Waals surface area contributed by atoms with Crippen molar-refractivity contribution < 1.29 is 21.6 Å². The number of fused-ring (bicyclic) bond motifs is 8. The minimum Gasteiger partial charge on any atom is -0.453 e. The van der Waals surface area contributed by atoms with Crippen LogP contribution in [-0.4, -0.2) is 14.5 Å². The molecule has 0 spiro atoms. The molecule has 0 fully saturated rings. The Morgan fingerprint density at radius 3 is 2.18 bits per heavy atom. The highest BCUT2D eigenvalue weighted by Gasteiger charge is 2.34. The molecule has 0 saturated heterocycles. The Hall–Kier alpha value is -5.75. The van der Waals surface area contributed by atoms with Gasteiger partial charge in [-0.05, 0) is 85.6 Å². The number of imidazole rings is 1. The number of aryl methyl sites for hydroxylation is 4. The molecule has 252 valence electrons. The summed E-state index contributed by atoms with van der Waals surface area (Å²) in [4.78, 5) is 8.98. The fraction of sp³-hybridized carbons (Fsp3) is 0.222. The highest BCUT2D eigenvalue weighted by atomic mass is 16.4. The van der Waals surface area contributed by atoms with Crippen molar-refractivity contribution >= 4 is 55.2 Å². The third kappa shape index (κ3) is 4.59. The third-order valence-corrected chi connectivity index (χ3v) is 10.2. The van der Waals surface area contributed by atoms with Gasteiger partial charge >= 0.3 is 0 Å². The van der Waals surface area contributed by atoms with E-state index in [1.54, 1.807) is 6.07 Å². The van der Waals surface area contributed by atoms with E-state index in [4.69, 9.17) is 17.1 Å². The van der Waals surface area contributed by atoms with E-state index in [1.165, 1.54) is 17.2 Å². The van der Waals surface area contributed by atoms with Gasteiger partial charge in [-0.15, -0.1) is 0 Å². The second kappa shape index (κ2) is 11.4. The summed E-state index contributed by atoms with van der Waals surface area (Å²) >= 11 is 0. The van der Waals surface area contributed by atoms with Crippen LogP contribution < -0.4 is 4.57 Å². The fourth-order valence-electron chi connectivity index (χ4n) is 7.77. The normalized spacial score (nSPS) is 14.5. The van der Waals surface area contributed by atoms with Crippen molar-refractivity contribution in [1.82, 2.24) is 14.5 Å². The molecule has 0 radical (unpaired) electrons. The van der Waals surface area contributed by atoms with Gasteiger partial charge in [-0.3, -0.25) is 0 Å². The van der Waals surface area contributed by atoms with Crippen LogP contribution in [0.25, 0.3) is 83.4 Å². The van der Waals surface area contributed by atoms with Gasteiger partial charge in [-0.1, -0.05) is 82.3 Å². The maximum atomic E-state index is 8.58. The first-order valence-electron chi connectivity index (χ1n) is 20.4. The Balaban J connectivity index is 1.43. The summed E-state index contributed by atoms with van der Waals surface area (Å²) in [5.74, 6) is 1.19. The van der Waals surface area contributed by atoms with Gasteiger partial charge in [0.05, 0.1) is 23.5 Å². The zero-order valence-electron chi connectivity index (χ0n) is 35.4. The van der Waals surface area contributed by atoms with Crippen LogP contribution in [-0.2, 0) is 7.05 Å². The highest BCUT2D eigenvalue weighted by Crippen LogP contribution is 2.45. The average molecular weight is 676 g/mol. The lowest BCUT2D eigenvalue weighted by Gasteiger charge is -2.21. The number of benzene rings is 4. The molecule has 0 saturated carbocycles. The lowest BCUT2D eigenvalue weighted by molar-refractivity contribution is -0.633. The molecule has 0 amide bonds. The summed E-state index contributed by atoms with van der Waals surface area (Å²) in [5, 5.41) is 1.50. The van der Waals surface area contributed by atoms with Gasteiger partial charge in [0.1, 0.15) is 16.8 Å². The van der Waals surface area contributed by atoms with Gasteiger partial charge in [0.15, 0.2) is 27.8 Å². The van der Waals surface area contributed by atoms with Crippen molar-refractivity contribution in [3.8, 4) is 28.2 Å². The Bertz CT molecular complexity index is 3050. The van der Waals surface area contributed by atoms with E-state index >= 15 is 0 Å².